The smallest absolute Gasteiger partial charge is 0.195 e. The average Bonchev–Trinajstić information content (AvgIpc) is 2.31. The minimum atomic E-state index is 0.679. The molecule has 0 aliphatic heterocycles. The number of hydrogen-bond donors (Lipinski definition) is 0. The van der Waals surface area contributed by atoms with Gasteiger partial charge in [-0.15, -0.1) is 0 Å². The van der Waals surface area contributed by atoms with Crippen molar-refractivity contribution in [3.63, 3.8) is 0 Å². The summed E-state index contributed by atoms with van der Waals surface area (Å²) in [5.41, 5.74) is 1.18. The predicted octanol–water partition coefficient (Wildman–Crippen LogP) is 2.06. The van der Waals surface area contributed by atoms with Gasteiger partial charge in [0.25, 0.3) is 0 Å². The van der Waals surface area contributed by atoms with Crippen molar-refractivity contribution in [2.45, 2.75) is 13.5 Å². The summed E-state index contributed by atoms with van der Waals surface area (Å²) in [7, 11) is 7.99. The highest BCUT2D eigenvalue weighted by molar-refractivity contribution is 5.79. The van der Waals surface area contributed by atoms with E-state index in [-0.39, 0.29) is 0 Å². The monoisotopic (exact) mass is 249 g/mol. The number of guanidine groups is 1. The molecule has 0 fully saturated rings. The Bertz CT molecular complexity index is 373. The van der Waals surface area contributed by atoms with Gasteiger partial charge in [0.2, 0.25) is 0 Å². The molecule has 0 amide bonds. The zero-order valence-electron chi connectivity index (χ0n) is 12.0. The van der Waals surface area contributed by atoms with E-state index in [1.54, 1.807) is 0 Å². The Labute approximate surface area is 110 Å². The maximum Gasteiger partial charge on any atom is 0.195 e. The second-order valence-corrected chi connectivity index (χ2v) is 4.48. The molecule has 0 saturated carbocycles. The van der Waals surface area contributed by atoms with Crippen LogP contribution in [-0.4, -0.2) is 50.6 Å². The molecule has 100 valence electrons. The fourth-order valence-corrected chi connectivity index (χ4v) is 1.70. The average molecular weight is 249 g/mol. The molecule has 0 aliphatic rings. The van der Waals surface area contributed by atoms with Crippen LogP contribution in [0.4, 0.5) is 0 Å². The van der Waals surface area contributed by atoms with Crippen LogP contribution < -0.4 is 4.74 Å². The van der Waals surface area contributed by atoms with Crippen LogP contribution in [0.5, 0.6) is 5.75 Å². The molecule has 1 rings (SSSR count). The summed E-state index contributed by atoms with van der Waals surface area (Å²) in [5.74, 6) is 1.87. The molecule has 1 aromatic rings. The SMILES string of the molecule is CCOc1ccc(CN=C(N(C)C)N(C)C)cc1. The van der Waals surface area contributed by atoms with Crippen molar-refractivity contribution in [3.8, 4) is 5.75 Å². The molecule has 0 N–H and O–H groups in total. The molecule has 0 bridgehead atoms. The van der Waals surface area contributed by atoms with Crippen molar-refractivity contribution in [2.24, 2.45) is 4.99 Å². The van der Waals surface area contributed by atoms with Crippen LogP contribution in [0.2, 0.25) is 0 Å². The highest BCUT2D eigenvalue weighted by Gasteiger charge is 2.03. The van der Waals surface area contributed by atoms with Gasteiger partial charge in [-0.05, 0) is 24.6 Å². The van der Waals surface area contributed by atoms with Gasteiger partial charge in [0, 0.05) is 28.2 Å². The molecule has 4 nitrogen and oxygen atoms in total. The van der Waals surface area contributed by atoms with E-state index in [0.717, 1.165) is 11.7 Å². The standard InChI is InChI=1S/C14H23N3O/c1-6-18-13-9-7-12(8-10-13)11-15-14(16(2)3)17(4)5/h7-10H,6,11H2,1-5H3. The van der Waals surface area contributed by atoms with E-state index in [0.29, 0.717) is 13.2 Å². The number of hydrogen-bond acceptors (Lipinski definition) is 2. The summed E-state index contributed by atoms with van der Waals surface area (Å²) in [4.78, 5) is 8.61. The summed E-state index contributed by atoms with van der Waals surface area (Å²) in [5, 5.41) is 0. The summed E-state index contributed by atoms with van der Waals surface area (Å²) in [6.45, 7) is 3.36. The van der Waals surface area contributed by atoms with Gasteiger partial charge in [-0.3, -0.25) is 0 Å². The third-order valence-electron chi connectivity index (χ3n) is 2.44. The third kappa shape index (κ3) is 4.28. The van der Waals surface area contributed by atoms with Gasteiger partial charge in [-0.2, -0.15) is 0 Å². The molecule has 0 heterocycles. The number of aliphatic imine (C=N–C) groups is 1. The van der Waals surface area contributed by atoms with Gasteiger partial charge in [0.15, 0.2) is 5.96 Å². The summed E-state index contributed by atoms with van der Waals surface area (Å²) < 4.78 is 5.41. The number of ether oxygens (including phenoxy) is 1. The van der Waals surface area contributed by atoms with Crippen molar-refractivity contribution in [1.82, 2.24) is 9.80 Å². The van der Waals surface area contributed by atoms with Gasteiger partial charge in [0.05, 0.1) is 13.2 Å². The maximum absolute atomic E-state index is 5.41. The van der Waals surface area contributed by atoms with Crippen LogP contribution in [0.1, 0.15) is 12.5 Å². The Balaban J connectivity index is 2.69. The van der Waals surface area contributed by atoms with Crippen LogP contribution in [0.3, 0.4) is 0 Å². The van der Waals surface area contributed by atoms with E-state index in [1.807, 2.05) is 57.0 Å². The van der Waals surface area contributed by atoms with E-state index in [4.69, 9.17) is 4.74 Å². The van der Waals surface area contributed by atoms with Crippen LogP contribution in [0.25, 0.3) is 0 Å². The third-order valence-corrected chi connectivity index (χ3v) is 2.44. The minimum Gasteiger partial charge on any atom is -0.494 e. The Kier molecular flexibility index (Phi) is 5.49. The number of rotatable bonds is 4. The Morgan fingerprint density at radius 1 is 1.06 bits per heavy atom. The largest absolute Gasteiger partial charge is 0.494 e. The van der Waals surface area contributed by atoms with E-state index >= 15 is 0 Å². The van der Waals surface area contributed by atoms with Gasteiger partial charge >= 0.3 is 0 Å². The molecule has 1 aromatic carbocycles. The second kappa shape index (κ2) is 6.89. The Morgan fingerprint density at radius 3 is 2.06 bits per heavy atom. The molecule has 0 aliphatic carbocycles. The van der Waals surface area contributed by atoms with E-state index in [9.17, 15) is 0 Å². The normalized spacial score (nSPS) is 9.83. The van der Waals surface area contributed by atoms with Crippen LogP contribution in [-0.2, 0) is 6.54 Å². The second-order valence-electron chi connectivity index (χ2n) is 4.48. The fraction of sp³-hybridized carbons (Fsp3) is 0.500. The lowest BCUT2D eigenvalue weighted by Gasteiger charge is -2.22. The topological polar surface area (TPSA) is 28.1 Å². The lowest BCUT2D eigenvalue weighted by atomic mass is 10.2. The molecule has 0 radical (unpaired) electrons. The zero-order chi connectivity index (χ0) is 13.5. The molecule has 0 unspecified atom stereocenters. The quantitative estimate of drug-likeness (QED) is 0.604. The van der Waals surface area contributed by atoms with Crippen molar-refractivity contribution < 1.29 is 4.74 Å². The van der Waals surface area contributed by atoms with Gasteiger partial charge in [-0.25, -0.2) is 4.99 Å². The zero-order valence-corrected chi connectivity index (χ0v) is 12.0. The Hall–Kier alpha value is -1.71. The first-order valence-corrected chi connectivity index (χ1v) is 6.15. The maximum atomic E-state index is 5.41. The lowest BCUT2D eigenvalue weighted by molar-refractivity contribution is 0.340. The first-order chi connectivity index (χ1) is 8.54. The number of nitrogens with zero attached hydrogens (tertiary/aromatic N) is 3. The summed E-state index contributed by atoms with van der Waals surface area (Å²) >= 11 is 0. The molecule has 18 heavy (non-hydrogen) atoms. The molecule has 0 spiro atoms. The predicted molar refractivity (Wildman–Crippen MR) is 76.1 cm³/mol. The summed E-state index contributed by atoms with van der Waals surface area (Å²) in [6.07, 6.45) is 0. The minimum absolute atomic E-state index is 0.679. The van der Waals surface area contributed by atoms with Crippen LogP contribution >= 0.6 is 0 Å². The van der Waals surface area contributed by atoms with Gasteiger partial charge in [0.1, 0.15) is 5.75 Å². The molecule has 0 aromatic heterocycles. The summed E-state index contributed by atoms with van der Waals surface area (Å²) in [6, 6.07) is 8.08. The molecular weight excluding hydrogens is 226 g/mol. The first kappa shape index (κ1) is 14.4. The molecule has 4 heteroatoms. The van der Waals surface area contributed by atoms with E-state index in [1.165, 1.54) is 5.56 Å². The van der Waals surface area contributed by atoms with E-state index in [2.05, 4.69) is 17.1 Å². The Morgan fingerprint density at radius 2 is 1.61 bits per heavy atom. The fourth-order valence-electron chi connectivity index (χ4n) is 1.70. The van der Waals surface area contributed by atoms with E-state index < -0.39 is 0 Å². The van der Waals surface area contributed by atoms with Crippen molar-refractivity contribution in [3.05, 3.63) is 29.8 Å². The molecule has 0 saturated heterocycles. The molecular formula is C14H23N3O. The highest BCUT2D eigenvalue weighted by atomic mass is 16.5. The molecule has 0 atom stereocenters. The van der Waals surface area contributed by atoms with Crippen LogP contribution in [0.15, 0.2) is 29.3 Å². The van der Waals surface area contributed by atoms with Crippen molar-refractivity contribution >= 4 is 5.96 Å². The van der Waals surface area contributed by atoms with Gasteiger partial charge < -0.3 is 14.5 Å². The lowest BCUT2D eigenvalue weighted by Crippen LogP contribution is -2.35. The van der Waals surface area contributed by atoms with Crippen molar-refractivity contribution in [2.75, 3.05) is 34.8 Å². The van der Waals surface area contributed by atoms with Crippen molar-refractivity contribution in [1.29, 1.82) is 0 Å². The van der Waals surface area contributed by atoms with Gasteiger partial charge in [-0.1, -0.05) is 12.1 Å². The number of benzene rings is 1. The van der Waals surface area contributed by atoms with Crippen LogP contribution in [0, 0.1) is 0 Å². The first-order valence-electron chi connectivity index (χ1n) is 6.15. The highest BCUT2D eigenvalue weighted by Crippen LogP contribution is 2.12.